The van der Waals surface area contributed by atoms with E-state index in [1.807, 2.05) is 0 Å². The predicted octanol–water partition coefficient (Wildman–Crippen LogP) is 3.23. The van der Waals surface area contributed by atoms with Gasteiger partial charge >= 0.3 is 11.9 Å². The fourth-order valence-electron chi connectivity index (χ4n) is 8.26. The highest BCUT2D eigenvalue weighted by Gasteiger charge is 2.68. The summed E-state index contributed by atoms with van der Waals surface area (Å²) in [6.07, 6.45) is 10.4. The van der Waals surface area contributed by atoms with Crippen LogP contribution in [0.4, 0.5) is 0 Å². The molecule has 0 radical (unpaired) electrons. The zero-order chi connectivity index (χ0) is 16.1. The first kappa shape index (κ1) is 14.1. The van der Waals surface area contributed by atoms with Crippen molar-refractivity contribution in [3.8, 4) is 0 Å². The van der Waals surface area contributed by atoms with Gasteiger partial charge < -0.3 is 9.47 Å². The first-order valence-electron chi connectivity index (χ1n) is 10.0. The standard InChI is InChI=1S/C20H26O4/c21-17-3-7-19(23-17)5-1-11-13-9-16-12(14(13)10-15(11)19)2-6-20(16)8-4-18(22)24-20/h11-16H,1-10H2/t11-,12-,13-,14-,15+,16+,19-,20-/m1/s1. The summed E-state index contributed by atoms with van der Waals surface area (Å²) in [6.45, 7) is 0. The Balaban J connectivity index is 1.28. The molecule has 2 saturated heterocycles. The molecule has 4 nitrogen and oxygen atoms in total. The molecule has 0 amide bonds. The van der Waals surface area contributed by atoms with Gasteiger partial charge in [-0.1, -0.05) is 0 Å². The maximum atomic E-state index is 11.8. The third-order valence-corrected chi connectivity index (χ3v) is 9.03. The van der Waals surface area contributed by atoms with Crippen LogP contribution in [0.25, 0.3) is 0 Å². The van der Waals surface area contributed by atoms with E-state index in [9.17, 15) is 9.59 Å². The molecular weight excluding hydrogens is 304 g/mol. The molecule has 0 N–H and O–H groups in total. The van der Waals surface area contributed by atoms with Gasteiger partial charge in [0.05, 0.1) is 0 Å². The van der Waals surface area contributed by atoms with Crippen LogP contribution in [0.2, 0.25) is 0 Å². The molecule has 0 bridgehead atoms. The number of carbonyl (C=O) groups excluding carboxylic acids is 2. The third-order valence-electron chi connectivity index (χ3n) is 9.03. The zero-order valence-corrected chi connectivity index (χ0v) is 14.2. The van der Waals surface area contributed by atoms with Crippen molar-refractivity contribution < 1.29 is 19.1 Å². The lowest BCUT2D eigenvalue weighted by Gasteiger charge is -2.33. The van der Waals surface area contributed by atoms with Crippen LogP contribution in [-0.2, 0) is 19.1 Å². The quantitative estimate of drug-likeness (QED) is 0.640. The number of carbonyl (C=O) groups is 2. The van der Waals surface area contributed by atoms with Crippen LogP contribution in [0.1, 0.15) is 64.2 Å². The Morgan fingerprint density at radius 1 is 0.667 bits per heavy atom. The van der Waals surface area contributed by atoms with Crippen molar-refractivity contribution in [3.63, 3.8) is 0 Å². The van der Waals surface area contributed by atoms with Gasteiger partial charge in [-0.3, -0.25) is 9.59 Å². The number of ether oxygens (including phenoxy) is 2. The second-order valence-corrected chi connectivity index (χ2v) is 9.49. The van der Waals surface area contributed by atoms with E-state index in [-0.39, 0.29) is 23.1 Å². The van der Waals surface area contributed by atoms with E-state index in [0.29, 0.717) is 24.7 Å². The van der Waals surface area contributed by atoms with E-state index in [1.54, 1.807) is 0 Å². The summed E-state index contributed by atoms with van der Waals surface area (Å²) >= 11 is 0. The van der Waals surface area contributed by atoms with Crippen molar-refractivity contribution in [2.24, 2.45) is 35.5 Å². The molecule has 0 aromatic rings. The second-order valence-electron chi connectivity index (χ2n) is 9.49. The maximum absolute atomic E-state index is 11.8. The van der Waals surface area contributed by atoms with Gasteiger partial charge in [-0.2, -0.15) is 0 Å². The molecule has 24 heavy (non-hydrogen) atoms. The molecular formula is C20H26O4. The zero-order valence-electron chi connectivity index (χ0n) is 14.2. The second kappa shape index (κ2) is 4.37. The van der Waals surface area contributed by atoms with Crippen LogP contribution in [0.3, 0.4) is 0 Å². The molecule has 6 rings (SSSR count). The SMILES string of the molecule is O=C1CC[C@@]2(CC[C@@H]3[C@H]4C[C@H]5[C@H](CC[C@@]56CCC(=O)O6)[C@H]4C[C@@H]32)O1. The molecule has 4 heteroatoms. The van der Waals surface area contributed by atoms with E-state index in [1.165, 1.54) is 25.7 Å². The van der Waals surface area contributed by atoms with Gasteiger partial charge in [-0.15, -0.1) is 0 Å². The van der Waals surface area contributed by atoms with Gasteiger partial charge in [-0.25, -0.2) is 0 Å². The molecule has 2 spiro atoms. The van der Waals surface area contributed by atoms with Crippen molar-refractivity contribution in [1.82, 2.24) is 0 Å². The summed E-state index contributed by atoms with van der Waals surface area (Å²) in [5.74, 6) is 4.37. The van der Waals surface area contributed by atoms with Gasteiger partial charge in [0.1, 0.15) is 11.2 Å². The number of esters is 2. The van der Waals surface area contributed by atoms with Crippen LogP contribution in [0.15, 0.2) is 0 Å². The maximum Gasteiger partial charge on any atom is 0.306 e. The van der Waals surface area contributed by atoms with E-state index >= 15 is 0 Å². The minimum Gasteiger partial charge on any atom is -0.459 e. The lowest BCUT2D eigenvalue weighted by atomic mass is 9.78. The largest absolute Gasteiger partial charge is 0.459 e. The van der Waals surface area contributed by atoms with E-state index in [2.05, 4.69) is 0 Å². The molecule has 130 valence electrons. The van der Waals surface area contributed by atoms with E-state index < -0.39 is 0 Å². The average molecular weight is 330 g/mol. The minimum absolute atomic E-state index is 0.0308. The minimum atomic E-state index is -0.0995. The van der Waals surface area contributed by atoms with Gasteiger partial charge in [0.15, 0.2) is 0 Å². The van der Waals surface area contributed by atoms with Crippen LogP contribution in [0.5, 0.6) is 0 Å². The lowest BCUT2D eigenvalue weighted by molar-refractivity contribution is -0.151. The molecule has 4 saturated carbocycles. The Hall–Kier alpha value is -1.06. The van der Waals surface area contributed by atoms with Gasteiger partial charge in [0.2, 0.25) is 0 Å². The topological polar surface area (TPSA) is 52.6 Å². The normalized spacial score (nSPS) is 57.5. The number of hydrogen-bond donors (Lipinski definition) is 0. The lowest BCUT2D eigenvalue weighted by Crippen LogP contribution is -2.36. The molecule has 0 aromatic heterocycles. The molecule has 8 atom stereocenters. The Kier molecular flexibility index (Phi) is 2.57. The predicted molar refractivity (Wildman–Crippen MR) is 84.8 cm³/mol. The van der Waals surface area contributed by atoms with Crippen LogP contribution in [-0.4, -0.2) is 23.1 Å². The Bertz CT molecular complexity index is 575. The molecule has 6 fully saturated rings. The van der Waals surface area contributed by atoms with Gasteiger partial charge in [0, 0.05) is 24.7 Å². The number of hydrogen-bond acceptors (Lipinski definition) is 4. The van der Waals surface area contributed by atoms with Crippen molar-refractivity contribution in [2.75, 3.05) is 0 Å². The fourth-order valence-corrected chi connectivity index (χ4v) is 8.26. The van der Waals surface area contributed by atoms with E-state index in [0.717, 1.165) is 49.4 Å². The Morgan fingerprint density at radius 3 is 1.50 bits per heavy atom. The molecule has 2 heterocycles. The van der Waals surface area contributed by atoms with Crippen LogP contribution in [0, 0.1) is 35.5 Å². The number of fused-ring (bicyclic) bond motifs is 7. The monoisotopic (exact) mass is 330 g/mol. The molecule has 0 aromatic carbocycles. The molecule has 2 aliphatic heterocycles. The highest BCUT2D eigenvalue weighted by Crippen LogP contribution is 2.69. The van der Waals surface area contributed by atoms with Crippen molar-refractivity contribution in [1.29, 1.82) is 0 Å². The van der Waals surface area contributed by atoms with Crippen molar-refractivity contribution in [2.45, 2.75) is 75.4 Å². The van der Waals surface area contributed by atoms with Crippen LogP contribution < -0.4 is 0 Å². The summed E-state index contributed by atoms with van der Waals surface area (Å²) in [4.78, 5) is 23.5. The summed E-state index contributed by atoms with van der Waals surface area (Å²) in [6, 6.07) is 0. The summed E-state index contributed by atoms with van der Waals surface area (Å²) in [7, 11) is 0. The fraction of sp³-hybridized carbons (Fsp3) is 0.900. The first-order valence-corrected chi connectivity index (χ1v) is 10.0. The average Bonchev–Trinajstić information content (AvgIpc) is 3.31. The molecule has 0 unspecified atom stereocenters. The van der Waals surface area contributed by atoms with E-state index in [4.69, 9.17) is 9.47 Å². The highest BCUT2D eigenvalue weighted by molar-refractivity contribution is 5.73. The summed E-state index contributed by atoms with van der Waals surface area (Å²) < 4.78 is 11.8. The smallest absolute Gasteiger partial charge is 0.306 e. The van der Waals surface area contributed by atoms with Crippen molar-refractivity contribution in [3.05, 3.63) is 0 Å². The Morgan fingerprint density at radius 2 is 1.12 bits per heavy atom. The van der Waals surface area contributed by atoms with Gasteiger partial charge in [0.25, 0.3) is 0 Å². The molecule has 4 aliphatic carbocycles. The van der Waals surface area contributed by atoms with Crippen LogP contribution >= 0.6 is 0 Å². The Labute approximate surface area is 142 Å². The summed E-state index contributed by atoms with van der Waals surface area (Å²) in [5.41, 5.74) is -0.199. The van der Waals surface area contributed by atoms with Gasteiger partial charge in [-0.05, 0) is 75.0 Å². The number of rotatable bonds is 0. The third kappa shape index (κ3) is 1.56. The molecule has 6 aliphatic rings. The first-order chi connectivity index (χ1) is 11.6. The highest BCUT2D eigenvalue weighted by atomic mass is 16.6. The van der Waals surface area contributed by atoms with Crippen molar-refractivity contribution >= 4 is 11.9 Å². The summed E-state index contributed by atoms with van der Waals surface area (Å²) in [5, 5.41) is 0.